The number of phenolic OH excluding ortho intramolecular Hbond substituents is 1. The summed E-state index contributed by atoms with van der Waals surface area (Å²) >= 11 is 0. The van der Waals surface area contributed by atoms with Gasteiger partial charge in [0, 0.05) is 5.57 Å². The van der Waals surface area contributed by atoms with E-state index < -0.39 is 0 Å². The summed E-state index contributed by atoms with van der Waals surface area (Å²) in [4.78, 5) is 18.8. The number of halogens is 3. The van der Waals surface area contributed by atoms with Crippen LogP contribution in [0, 0.1) is 0 Å². The first-order valence-corrected chi connectivity index (χ1v) is 9.95. The molecule has 34 heavy (non-hydrogen) atoms. The third-order valence-electron chi connectivity index (χ3n) is 5.22. The summed E-state index contributed by atoms with van der Waals surface area (Å²) < 4.78 is 0. The first-order chi connectivity index (χ1) is 15.2. The molecule has 0 atom stereocenters. The van der Waals surface area contributed by atoms with E-state index in [0.29, 0.717) is 0 Å². The SMILES string of the molecule is Cl.Cl.Cl.Oc1ccc(C2=CC3=NC2=CC2=NC(=CC4=NC(=CC5=NC(=C3)C=C5)C=C4)C=C2)cc1. The molecule has 5 nitrogen and oxygen atoms in total. The van der Waals surface area contributed by atoms with Gasteiger partial charge in [-0.1, -0.05) is 12.1 Å². The molecular weight excluding hydrogens is 491 g/mol. The van der Waals surface area contributed by atoms with E-state index in [2.05, 4.69) is 9.98 Å². The number of phenols is 1. The van der Waals surface area contributed by atoms with Gasteiger partial charge in [0.1, 0.15) is 5.75 Å². The molecule has 8 bridgehead atoms. The monoisotopic (exact) mass is 508 g/mol. The zero-order chi connectivity index (χ0) is 20.8. The van der Waals surface area contributed by atoms with E-state index in [-0.39, 0.29) is 43.0 Å². The second-order valence-corrected chi connectivity index (χ2v) is 7.49. The van der Waals surface area contributed by atoms with E-state index in [1.165, 1.54) is 0 Å². The molecule has 0 aliphatic carbocycles. The Morgan fingerprint density at radius 1 is 0.471 bits per heavy atom. The number of fused-ring (bicyclic) bond motifs is 4. The fourth-order valence-electron chi connectivity index (χ4n) is 3.77. The minimum Gasteiger partial charge on any atom is -0.508 e. The quantitative estimate of drug-likeness (QED) is 0.490. The lowest BCUT2D eigenvalue weighted by Crippen LogP contribution is -1.90. The zero-order valence-electron chi connectivity index (χ0n) is 17.6. The average molecular weight is 510 g/mol. The molecule has 0 aromatic heterocycles. The predicted octanol–water partition coefficient (Wildman–Crippen LogP) is 6.08. The molecule has 0 saturated carbocycles. The molecular formula is C26H19Cl3N4O. The van der Waals surface area contributed by atoms with Crippen LogP contribution in [0.2, 0.25) is 0 Å². The molecule has 8 heteroatoms. The van der Waals surface area contributed by atoms with Gasteiger partial charge >= 0.3 is 0 Å². The second-order valence-electron chi connectivity index (χ2n) is 7.49. The van der Waals surface area contributed by atoms with Gasteiger partial charge in [0.15, 0.2) is 0 Å². The number of hydrogen-bond donors (Lipinski definition) is 1. The van der Waals surface area contributed by atoms with Crippen molar-refractivity contribution in [3.63, 3.8) is 0 Å². The highest BCUT2D eigenvalue weighted by atomic mass is 35.5. The van der Waals surface area contributed by atoms with Gasteiger partial charge in [-0.05, 0) is 84.5 Å². The van der Waals surface area contributed by atoms with E-state index in [9.17, 15) is 5.11 Å². The maximum absolute atomic E-state index is 9.67. The van der Waals surface area contributed by atoms with Crippen molar-refractivity contribution in [1.82, 2.24) is 0 Å². The Bertz CT molecular complexity index is 1410. The van der Waals surface area contributed by atoms with Crippen LogP contribution in [0.4, 0.5) is 0 Å². The molecule has 0 radical (unpaired) electrons. The Hall–Kier alpha value is -3.51. The van der Waals surface area contributed by atoms with E-state index >= 15 is 0 Å². The van der Waals surface area contributed by atoms with Crippen molar-refractivity contribution in [2.45, 2.75) is 0 Å². The van der Waals surface area contributed by atoms with Crippen molar-refractivity contribution >= 4 is 65.6 Å². The van der Waals surface area contributed by atoms with Crippen LogP contribution in [0.1, 0.15) is 5.56 Å². The molecule has 0 fully saturated rings. The molecule has 1 aromatic rings. The molecule has 5 aliphatic heterocycles. The average Bonchev–Trinajstić information content (AvgIpc) is 3.54. The summed E-state index contributed by atoms with van der Waals surface area (Å²) in [6, 6.07) is 7.14. The maximum Gasteiger partial charge on any atom is 0.115 e. The third-order valence-corrected chi connectivity index (χ3v) is 5.22. The van der Waals surface area contributed by atoms with E-state index in [1.54, 1.807) is 12.1 Å². The van der Waals surface area contributed by atoms with Crippen LogP contribution in [0.5, 0.6) is 5.75 Å². The van der Waals surface area contributed by atoms with Crippen molar-refractivity contribution in [1.29, 1.82) is 0 Å². The van der Waals surface area contributed by atoms with Gasteiger partial charge in [0.05, 0.1) is 45.6 Å². The van der Waals surface area contributed by atoms with Crippen molar-refractivity contribution < 1.29 is 5.11 Å². The minimum atomic E-state index is 0. The van der Waals surface area contributed by atoms with Gasteiger partial charge in [-0.25, -0.2) is 20.0 Å². The van der Waals surface area contributed by atoms with E-state index in [0.717, 1.165) is 56.8 Å². The highest BCUT2D eigenvalue weighted by Crippen LogP contribution is 2.32. The second kappa shape index (κ2) is 10.2. The topological polar surface area (TPSA) is 69.7 Å². The normalized spacial score (nSPS) is 18.6. The number of rotatable bonds is 1. The Kier molecular flexibility index (Phi) is 7.52. The summed E-state index contributed by atoms with van der Waals surface area (Å²) in [7, 11) is 0. The first-order valence-electron chi connectivity index (χ1n) is 9.95. The molecule has 6 rings (SSSR count). The summed E-state index contributed by atoms with van der Waals surface area (Å²) in [5.74, 6) is 0.234. The van der Waals surface area contributed by atoms with Gasteiger partial charge in [-0.3, -0.25) is 0 Å². The lowest BCUT2D eigenvalue weighted by molar-refractivity contribution is 0.475. The smallest absolute Gasteiger partial charge is 0.115 e. The standard InChI is InChI=1S/C26H16N4O.3ClH/c31-24-9-1-16(2-10-24)25-14-23-13-21-6-5-19(28-21)11-17-3-4-18(27-17)12-20-7-8-22(29-20)15-26(25)30-23;;;/h1-15,31H;3*1H. The van der Waals surface area contributed by atoms with Crippen molar-refractivity contribution in [2.75, 3.05) is 0 Å². The number of benzene rings is 1. The van der Waals surface area contributed by atoms with Gasteiger partial charge in [-0.2, -0.15) is 0 Å². The molecule has 1 aromatic carbocycles. The van der Waals surface area contributed by atoms with Gasteiger partial charge < -0.3 is 5.11 Å². The highest BCUT2D eigenvalue weighted by molar-refractivity contribution is 6.19. The Labute approximate surface area is 215 Å². The van der Waals surface area contributed by atoms with Crippen LogP contribution < -0.4 is 0 Å². The third kappa shape index (κ3) is 5.02. The Balaban J connectivity index is 0.00000108. The van der Waals surface area contributed by atoms with Crippen LogP contribution in [0.3, 0.4) is 0 Å². The molecule has 5 heterocycles. The van der Waals surface area contributed by atoms with Crippen LogP contribution in [0.25, 0.3) is 5.57 Å². The van der Waals surface area contributed by atoms with E-state index in [4.69, 9.17) is 9.98 Å². The van der Waals surface area contributed by atoms with Gasteiger partial charge in [0.2, 0.25) is 0 Å². The molecule has 0 spiro atoms. The number of aliphatic imine (C=N–C) groups is 4. The van der Waals surface area contributed by atoms with Crippen LogP contribution in [0.15, 0.2) is 134 Å². The fraction of sp³-hybridized carbons (Fsp3) is 0. The number of nitrogens with zero attached hydrogens (tertiary/aromatic N) is 4. The number of allylic oxidation sites excluding steroid dienone is 12. The maximum atomic E-state index is 9.67. The van der Waals surface area contributed by atoms with Crippen molar-refractivity contribution in [3.05, 3.63) is 119 Å². The first kappa shape index (κ1) is 25.1. The predicted molar refractivity (Wildman–Crippen MR) is 147 cm³/mol. The molecule has 1 N–H and O–H groups in total. The lowest BCUT2D eigenvalue weighted by Gasteiger charge is -2.04. The van der Waals surface area contributed by atoms with Crippen LogP contribution in [-0.4, -0.2) is 28.0 Å². The highest BCUT2D eigenvalue weighted by Gasteiger charge is 2.18. The minimum absolute atomic E-state index is 0. The van der Waals surface area contributed by atoms with E-state index in [1.807, 2.05) is 79.0 Å². The lowest BCUT2D eigenvalue weighted by atomic mass is 10.0. The van der Waals surface area contributed by atoms with Crippen molar-refractivity contribution in [3.8, 4) is 5.75 Å². The van der Waals surface area contributed by atoms with Crippen LogP contribution >= 0.6 is 37.2 Å². The van der Waals surface area contributed by atoms with Gasteiger partial charge in [-0.15, -0.1) is 37.2 Å². The van der Waals surface area contributed by atoms with Crippen LogP contribution in [-0.2, 0) is 0 Å². The molecule has 0 unspecified atom stereocenters. The summed E-state index contributed by atoms with van der Waals surface area (Å²) in [6.07, 6.45) is 21.8. The largest absolute Gasteiger partial charge is 0.508 e. The van der Waals surface area contributed by atoms with Crippen molar-refractivity contribution in [2.24, 2.45) is 20.0 Å². The number of hydrogen-bond acceptors (Lipinski definition) is 5. The summed E-state index contributed by atoms with van der Waals surface area (Å²) in [5, 5.41) is 9.67. The molecule has 170 valence electrons. The fourth-order valence-corrected chi connectivity index (χ4v) is 3.77. The molecule has 0 saturated heterocycles. The molecule has 0 amide bonds. The molecule has 5 aliphatic rings. The van der Waals surface area contributed by atoms with Gasteiger partial charge in [0.25, 0.3) is 0 Å². The Morgan fingerprint density at radius 3 is 1.47 bits per heavy atom. The Morgan fingerprint density at radius 2 is 0.941 bits per heavy atom. The summed E-state index contributed by atoms with van der Waals surface area (Å²) in [5.41, 5.74) is 8.69. The summed E-state index contributed by atoms with van der Waals surface area (Å²) in [6.45, 7) is 0. The number of aromatic hydroxyl groups is 1. The zero-order valence-corrected chi connectivity index (χ0v) is 20.1.